The lowest BCUT2D eigenvalue weighted by atomic mass is 10.1. The van der Waals surface area contributed by atoms with E-state index >= 15 is 0 Å². The zero-order valence-corrected chi connectivity index (χ0v) is 27.8. The minimum atomic E-state index is 0.539. The van der Waals surface area contributed by atoms with Gasteiger partial charge in [-0.05, 0) is 73.8 Å². The topological polar surface area (TPSA) is 73.8 Å². The minimum Gasteiger partial charge on any atom is -0.307 e. The van der Waals surface area contributed by atoms with Crippen LogP contribution in [0.1, 0.15) is 12.7 Å². The SMILES string of the molecule is C=N/C=C\C=C(/C)c1nc(-c2cccnc2)nc(-c2cccc(-n3c4ccccc4c4ccccc43)c2-n2c3ccccc3c3ccccc32)n1. The van der Waals surface area contributed by atoms with E-state index in [2.05, 4.69) is 141 Å². The number of fused-ring (bicyclic) bond motifs is 6. The number of aliphatic imine (C=N–C) groups is 1. The molecule has 0 saturated carbocycles. The number of rotatable bonds is 7. The Hall–Kier alpha value is -6.99. The van der Waals surface area contributed by atoms with Gasteiger partial charge >= 0.3 is 0 Å². The van der Waals surface area contributed by atoms with Crippen LogP contribution in [0.2, 0.25) is 0 Å². The van der Waals surface area contributed by atoms with Gasteiger partial charge in [-0.2, -0.15) is 0 Å². The highest BCUT2D eigenvalue weighted by molar-refractivity contribution is 6.12. The molecular formula is C44H31N7. The molecule has 4 aromatic heterocycles. The van der Waals surface area contributed by atoms with Crippen molar-refractivity contribution in [2.45, 2.75) is 6.92 Å². The van der Waals surface area contributed by atoms with E-state index in [1.807, 2.05) is 31.2 Å². The largest absolute Gasteiger partial charge is 0.307 e. The van der Waals surface area contributed by atoms with Crippen LogP contribution >= 0.6 is 0 Å². The van der Waals surface area contributed by atoms with Crippen LogP contribution in [-0.4, -0.2) is 35.8 Å². The molecule has 0 aliphatic rings. The van der Waals surface area contributed by atoms with E-state index in [9.17, 15) is 0 Å². The molecule has 0 radical (unpaired) electrons. The summed E-state index contributed by atoms with van der Waals surface area (Å²) in [5, 5.41) is 4.72. The summed E-state index contributed by atoms with van der Waals surface area (Å²) >= 11 is 0. The zero-order chi connectivity index (χ0) is 34.3. The second-order valence-corrected chi connectivity index (χ2v) is 12.3. The van der Waals surface area contributed by atoms with Crippen LogP contribution < -0.4 is 0 Å². The predicted molar refractivity (Wildman–Crippen MR) is 210 cm³/mol. The first kappa shape index (κ1) is 30.1. The molecule has 0 aliphatic heterocycles. The maximum absolute atomic E-state index is 5.17. The van der Waals surface area contributed by atoms with E-state index in [0.717, 1.165) is 50.1 Å². The summed E-state index contributed by atoms with van der Waals surface area (Å²) in [4.78, 5) is 23.5. The molecular weight excluding hydrogens is 627 g/mol. The number of hydrogen-bond donors (Lipinski definition) is 0. The lowest BCUT2D eigenvalue weighted by Crippen LogP contribution is -2.08. The van der Waals surface area contributed by atoms with Crippen molar-refractivity contribution in [1.29, 1.82) is 0 Å². The van der Waals surface area contributed by atoms with Gasteiger partial charge in [-0.15, -0.1) is 0 Å². The molecule has 51 heavy (non-hydrogen) atoms. The van der Waals surface area contributed by atoms with Gasteiger partial charge in [0.05, 0.1) is 33.4 Å². The third kappa shape index (κ3) is 5.02. The molecule has 0 atom stereocenters. The van der Waals surface area contributed by atoms with Crippen LogP contribution in [0.3, 0.4) is 0 Å². The molecule has 0 amide bonds. The van der Waals surface area contributed by atoms with Crippen molar-refractivity contribution in [3.63, 3.8) is 0 Å². The fraction of sp³-hybridized carbons (Fsp3) is 0.0227. The third-order valence-electron chi connectivity index (χ3n) is 9.33. The summed E-state index contributed by atoms with van der Waals surface area (Å²) in [6.45, 7) is 5.55. The van der Waals surface area contributed by atoms with Crippen LogP contribution in [-0.2, 0) is 0 Å². The second-order valence-electron chi connectivity index (χ2n) is 12.3. The number of allylic oxidation sites excluding steroid dienone is 3. The molecule has 5 aromatic carbocycles. The van der Waals surface area contributed by atoms with Crippen LogP contribution in [0.25, 0.3) is 83.3 Å². The van der Waals surface area contributed by atoms with E-state index in [-0.39, 0.29) is 0 Å². The predicted octanol–water partition coefficient (Wildman–Crippen LogP) is 10.4. The highest BCUT2D eigenvalue weighted by Gasteiger charge is 2.24. The molecule has 9 rings (SSSR count). The Labute approximate surface area is 294 Å². The average molecular weight is 658 g/mol. The molecule has 0 saturated heterocycles. The van der Waals surface area contributed by atoms with Crippen molar-refractivity contribution < 1.29 is 0 Å². The van der Waals surface area contributed by atoms with Crippen molar-refractivity contribution in [3.8, 4) is 34.2 Å². The molecule has 0 unspecified atom stereocenters. The van der Waals surface area contributed by atoms with Crippen LogP contribution in [0.15, 0.2) is 163 Å². The minimum absolute atomic E-state index is 0.539. The summed E-state index contributed by atoms with van der Waals surface area (Å²) in [6.07, 6.45) is 8.94. The van der Waals surface area contributed by atoms with E-state index < -0.39 is 0 Å². The highest BCUT2D eigenvalue weighted by Crippen LogP contribution is 2.41. The van der Waals surface area contributed by atoms with Gasteiger partial charge in [-0.25, -0.2) is 15.0 Å². The Morgan fingerprint density at radius 2 is 1.18 bits per heavy atom. The van der Waals surface area contributed by atoms with E-state index in [0.29, 0.717) is 17.5 Å². The first-order valence-corrected chi connectivity index (χ1v) is 16.8. The number of pyridine rings is 1. The number of benzene rings is 5. The quantitative estimate of drug-likeness (QED) is 0.126. The molecule has 9 aromatic rings. The van der Waals surface area contributed by atoms with Gasteiger partial charge in [0.25, 0.3) is 0 Å². The van der Waals surface area contributed by atoms with E-state index in [1.54, 1.807) is 18.6 Å². The van der Waals surface area contributed by atoms with Crippen molar-refractivity contribution in [3.05, 3.63) is 164 Å². The standard InChI is InChI=1S/C44H31N7/c1-29(14-12-26-45-2)42-47-43(30-15-13-27-46-28-30)49-44(48-42)35-20-11-25-40(50-36-21-7-3-16-31(36)32-17-4-8-22-37(32)50)41(35)51-38-23-9-5-18-33(38)34-19-6-10-24-39(34)51/h3-28H,2H2,1H3/b26-12-,29-14+. The summed E-state index contributed by atoms with van der Waals surface area (Å²) in [5.74, 6) is 1.65. The summed E-state index contributed by atoms with van der Waals surface area (Å²) in [5.41, 5.74) is 8.92. The van der Waals surface area contributed by atoms with Gasteiger partial charge in [0, 0.05) is 51.3 Å². The number of nitrogens with zero attached hydrogens (tertiary/aromatic N) is 7. The Bertz CT molecular complexity index is 2730. The number of aromatic nitrogens is 6. The molecule has 0 fully saturated rings. The third-order valence-corrected chi connectivity index (χ3v) is 9.33. The number of para-hydroxylation sites is 5. The van der Waals surface area contributed by atoms with Crippen LogP contribution in [0.5, 0.6) is 0 Å². The molecule has 7 nitrogen and oxygen atoms in total. The van der Waals surface area contributed by atoms with Crippen molar-refractivity contribution in [2.24, 2.45) is 4.99 Å². The summed E-state index contributed by atoms with van der Waals surface area (Å²) in [7, 11) is 0. The number of hydrogen-bond acceptors (Lipinski definition) is 5. The maximum Gasteiger partial charge on any atom is 0.166 e. The van der Waals surface area contributed by atoms with Crippen molar-refractivity contribution >= 4 is 55.9 Å². The maximum atomic E-state index is 5.17. The Morgan fingerprint density at radius 1 is 0.608 bits per heavy atom. The van der Waals surface area contributed by atoms with Crippen LogP contribution in [0.4, 0.5) is 0 Å². The summed E-state index contributed by atoms with van der Waals surface area (Å²) < 4.78 is 4.74. The van der Waals surface area contributed by atoms with Gasteiger partial charge < -0.3 is 9.13 Å². The smallest absolute Gasteiger partial charge is 0.166 e. The van der Waals surface area contributed by atoms with E-state index in [4.69, 9.17) is 15.0 Å². The van der Waals surface area contributed by atoms with Crippen LogP contribution in [0, 0.1) is 0 Å². The lowest BCUT2D eigenvalue weighted by Gasteiger charge is -2.20. The lowest BCUT2D eigenvalue weighted by molar-refractivity contribution is 1.02. The van der Waals surface area contributed by atoms with Gasteiger partial charge in [0.2, 0.25) is 0 Å². The van der Waals surface area contributed by atoms with Gasteiger partial charge in [0.15, 0.2) is 17.5 Å². The Morgan fingerprint density at radius 3 is 1.75 bits per heavy atom. The van der Waals surface area contributed by atoms with Gasteiger partial charge in [-0.1, -0.05) is 84.9 Å². The molecule has 242 valence electrons. The van der Waals surface area contributed by atoms with E-state index in [1.165, 1.54) is 21.5 Å². The fourth-order valence-corrected chi connectivity index (χ4v) is 7.09. The molecule has 0 aliphatic carbocycles. The Balaban J connectivity index is 1.44. The first-order valence-electron chi connectivity index (χ1n) is 16.8. The second kappa shape index (κ2) is 12.5. The summed E-state index contributed by atoms with van der Waals surface area (Å²) in [6, 6.07) is 44.6. The molecule has 0 bridgehead atoms. The molecule has 0 N–H and O–H groups in total. The average Bonchev–Trinajstić information content (AvgIpc) is 3.71. The molecule has 4 heterocycles. The zero-order valence-electron chi connectivity index (χ0n) is 27.8. The van der Waals surface area contributed by atoms with Gasteiger partial charge in [-0.3, -0.25) is 9.98 Å². The fourth-order valence-electron chi connectivity index (χ4n) is 7.09. The monoisotopic (exact) mass is 657 g/mol. The molecule has 7 heteroatoms. The highest BCUT2D eigenvalue weighted by atomic mass is 15.1. The van der Waals surface area contributed by atoms with Crippen molar-refractivity contribution in [1.82, 2.24) is 29.1 Å². The Kier molecular flexibility index (Phi) is 7.36. The first-order chi connectivity index (χ1) is 25.2. The molecule has 0 spiro atoms. The van der Waals surface area contributed by atoms with Gasteiger partial charge in [0.1, 0.15) is 0 Å². The normalized spacial score (nSPS) is 12.1. The van der Waals surface area contributed by atoms with Crippen molar-refractivity contribution in [2.75, 3.05) is 0 Å².